The Kier molecular flexibility index (Phi) is 3.31. The molecule has 19 heavy (non-hydrogen) atoms. The van der Waals surface area contributed by atoms with Crippen molar-refractivity contribution in [2.75, 3.05) is 25.7 Å². The van der Waals surface area contributed by atoms with E-state index in [-0.39, 0.29) is 12.0 Å². The summed E-state index contributed by atoms with van der Waals surface area (Å²) in [6.07, 6.45) is 2.07. The van der Waals surface area contributed by atoms with Crippen molar-refractivity contribution >= 4 is 11.8 Å². The summed E-state index contributed by atoms with van der Waals surface area (Å²) in [5.41, 5.74) is 12.9. The van der Waals surface area contributed by atoms with Gasteiger partial charge in [0.05, 0.1) is 15.6 Å². The van der Waals surface area contributed by atoms with Crippen LogP contribution in [0.3, 0.4) is 0 Å². The maximum Gasteiger partial charge on any atom is 0.221 e. The van der Waals surface area contributed by atoms with Gasteiger partial charge in [0.1, 0.15) is 5.82 Å². The first kappa shape index (κ1) is 11.6. The van der Waals surface area contributed by atoms with Gasteiger partial charge < -0.3 is 20.9 Å². The number of benzene rings is 1. The van der Waals surface area contributed by atoms with E-state index in [4.69, 9.17) is 22.3 Å². The summed E-state index contributed by atoms with van der Waals surface area (Å²) in [6, 6.07) is 3.74. The Morgan fingerprint density at radius 3 is 2.63 bits per heavy atom. The van der Waals surface area contributed by atoms with Crippen LogP contribution in [0.1, 0.15) is 12.5 Å². The van der Waals surface area contributed by atoms with Gasteiger partial charge in [0.2, 0.25) is 5.95 Å². The number of hydrogen-bond acceptors (Lipinski definition) is 6. The van der Waals surface area contributed by atoms with Crippen molar-refractivity contribution in [3.63, 3.8) is 0 Å². The van der Waals surface area contributed by atoms with E-state index in [2.05, 4.69) is 9.97 Å². The number of hydrogen-bond donors (Lipinski definition) is 2. The summed E-state index contributed by atoms with van der Waals surface area (Å²) in [7, 11) is 3.03. The highest BCUT2D eigenvalue weighted by Gasteiger charge is 2.08. The first-order chi connectivity index (χ1) is 9.55. The van der Waals surface area contributed by atoms with Gasteiger partial charge in [0, 0.05) is 18.2 Å². The van der Waals surface area contributed by atoms with E-state index in [9.17, 15) is 0 Å². The molecule has 0 radical (unpaired) electrons. The Bertz CT molecular complexity index is 634. The normalized spacial score (nSPS) is 10.9. The molecule has 1 aromatic heterocycles. The van der Waals surface area contributed by atoms with Crippen molar-refractivity contribution in [3.8, 4) is 11.5 Å². The standard InChI is InChI=1S/C13H16N4O2/c1-18-10-4-3-8(6-11(10)19-2)5-9-7-16-13(15)17-12(9)14/h3-4,6-7H,5H2,1-2H3,(H4,14,15,16,17)/i4T. The molecule has 0 fully saturated rings. The van der Waals surface area contributed by atoms with E-state index in [0.29, 0.717) is 23.7 Å². The molecular weight excluding hydrogens is 244 g/mol. The Hall–Kier alpha value is -2.50. The number of rotatable bonds is 4. The first-order valence-electron chi connectivity index (χ1n) is 6.13. The fourth-order valence-electron chi connectivity index (χ4n) is 1.71. The van der Waals surface area contributed by atoms with E-state index >= 15 is 0 Å². The molecule has 0 spiro atoms. The number of nitrogens with zero attached hydrogens (tertiary/aromatic N) is 2. The van der Waals surface area contributed by atoms with Gasteiger partial charge in [-0.25, -0.2) is 4.98 Å². The molecule has 100 valence electrons. The Labute approximate surface area is 112 Å². The number of nitrogens with two attached hydrogens (primary N) is 2. The molecule has 2 rings (SSSR count). The van der Waals surface area contributed by atoms with Crippen LogP contribution in [0.5, 0.6) is 11.5 Å². The topological polar surface area (TPSA) is 96.3 Å². The zero-order valence-electron chi connectivity index (χ0n) is 11.8. The van der Waals surface area contributed by atoms with Crippen molar-refractivity contribution in [2.45, 2.75) is 6.42 Å². The minimum absolute atomic E-state index is 0.139. The maximum atomic E-state index is 7.92. The highest BCUT2D eigenvalue weighted by atomic mass is 16.5. The molecule has 0 saturated heterocycles. The molecule has 2 aromatic rings. The number of nitrogen functional groups attached to an aromatic ring is 2. The summed E-state index contributed by atoms with van der Waals surface area (Å²) in [6.45, 7) is 0. The van der Waals surface area contributed by atoms with Gasteiger partial charge >= 0.3 is 0 Å². The molecule has 0 unspecified atom stereocenters. The smallest absolute Gasteiger partial charge is 0.221 e. The average Bonchev–Trinajstić information content (AvgIpc) is 2.41. The Morgan fingerprint density at radius 1 is 1.26 bits per heavy atom. The fraction of sp³-hybridized carbons (Fsp3) is 0.231. The molecule has 0 amide bonds. The molecule has 0 aliphatic carbocycles. The summed E-state index contributed by atoms with van der Waals surface area (Å²) in [4.78, 5) is 7.83. The van der Waals surface area contributed by atoms with Crippen LogP contribution in [0.25, 0.3) is 0 Å². The van der Waals surface area contributed by atoms with Gasteiger partial charge in [-0.2, -0.15) is 4.98 Å². The molecule has 0 saturated carbocycles. The molecule has 6 heteroatoms. The maximum absolute atomic E-state index is 7.92. The van der Waals surface area contributed by atoms with Crippen molar-refractivity contribution < 1.29 is 10.8 Å². The van der Waals surface area contributed by atoms with Crippen LogP contribution in [0.2, 0.25) is 0 Å². The highest BCUT2D eigenvalue weighted by Crippen LogP contribution is 2.28. The molecule has 1 heterocycles. The van der Waals surface area contributed by atoms with Crippen LogP contribution in [0.4, 0.5) is 11.8 Å². The third kappa shape index (κ3) is 2.85. The molecule has 0 aliphatic rings. The van der Waals surface area contributed by atoms with Crippen molar-refractivity contribution in [3.05, 3.63) is 35.5 Å². The Balaban J connectivity index is 2.36. The van der Waals surface area contributed by atoms with Gasteiger partial charge in [0.25, 0.3) is 0 Å². The number of aromatic nitrogens is 2. The molecular formula is C13H16N4O2. The van der Waals surface area contributed by atoms with Crippen LogP contribution in [0.15, 0.2) is 24.4 Å². The lowest BCUT2D eigenvalue weighted by Gasteiger charge is -2.10. The van der Waals surface area contributed by atoms with E-state index in [1.807, 2.05) is 0 Å². The van der Waals surface area contributed by atoms with E-state index in [0.717, 1.165) is 11.1 Å². The van der Waals surface area contributed by atoms with Crippen LogP contribution >= 0.6 is 0 Å². The molecule has 0 atom stereocenters. The van der Waals surface area contributed by atoms with Crippen LogP contribution in [-0.4, -0.2) is 24.2 Å². The number of methoxy groups -OCH3 is 2. The second-order valence-electron chi connectivity index (χ2n) is 3.93. The molecule has 0 bridgehead atoms. The quantitative estimate of drug-likeness (QED) is 0.860. The van der Waals surface area contributed by atoms with E-state index in [1.165, 1.54) is 14.2 Å². The van der Waals surface area contributed by atoms with E-state index < -0.39 is 0 Å². The van der Waals surface area contributed by atoms with Gasteiger partial charge in [-0.15, -0.1) is 0 Å². The molecule has 1 aromatic carbocycles. The molecule has 4 N–H and O–H groups in total. The van der Waals surface area contributed by atoms with Gasteiger partial charge in [-0.3, -0.25) is 0 Å². The van der Waals surface area contributed by atoms with Crippen LogP contribution in [0, 0.1) is 0 Å². The second kappa shape index (κ2) is 5.43. The number of ether oxygens (including phenoxy) is 2. The summed E-state index contributed by atoms with van der Waals surface area (Å²) in [5.74, 6) is 1.38. The fourth-order valence-corrected chi connectivity index (χ4v) is 1.71. The third-order valence-corrected chi connectivity index (χ3v) is 2.66. The summed E-state index contributed by atoms with van der Waals surface area (Å²) in [5, 5.41) is 0. The predicted octanol–water partition coefficient (Wildman–Crippen LogP) is 1.25. The van der Waals surface area contributed by atoms with Crippen molar-refractivity contribution in [1.82, 2.24) is 9.97 Å². The zero-order valence-corrected chi connectivity index (χ0v) is 10.8. The lowest BCUT2D eigenvalue weighted by Crippen LogP contribution is -2.04. The van der Waals surface area contributed by atoms with Crippen molar-refractivity contribution in [2.24, 2.45) is 0 Å². The number of anilines is 2. The second-order valence-corrected chi connectivity index (χ2v) is 3.93. The minimum atomic E-state index is 0.139. The average molecular weight is 262 g/mol. The first-order valence-corrected chi connectivity index (χ1v) is 5.63. The SMILES string of the molecule is [3H]c1cc(Cc2cnc(N)nc2N)cc(OC)c1OC. The highest BCUT2D eigenvalue weighted by molar-refractivity contribution is 5.47. The summed E-state index contributed by atoms with van der Waals surface area (Å²) >= 11 is 0. The largest absolute Gasteiger partial charge is 0.493 e. The van der Waals surface area contributed by atoms with Crippen molar-refractivity contribution in [1.29, 1.82) is 0 Å². The van der Waals surface area contributed by atoms with Crippen LogP contribution in [-0.2, 0) is 6.42 Å². The molecule has 6 nitrogen and oxygen atoms in total. The minimum Gasteiger partial charge on any atom is -0.493 e. The van der Waals surface area contributed by atoms with Crippen LogP contribution < -0.4 is 20.9 Å². The van der Waals surface area contributed by atoms with Gasteiger partial charge in [-0.1, -0.05) is 6.07 Å². The summed E-state index contributed by atoms with van der Waals surface area (Å²) < 4.78 is 18.3. The van der Waals surface area contributed by atoms with Gasteiger partial charge in [0.15, 0.2) is 11.5 Å². The van der Waals surface area contributed by atoms with E-state index in [1.54, 1.807) is 18.3 Å². The Morgan fingerprint density at radius 2 is 2.00 bits per heavy atom. The van der Waals surface area contributed by atoms with Gasteiger partial charge in [-0.05, 0) is 17.7 Å². The third-order valence-electron chi connectivity index (χ3n) is 2.66. The zero-order chi connectivity index (χ0) is 14.7. The lowest BCUT2D eigenvalue weighted by molar-refractivity contribution is 0.354. The lowest BCUT2D eigenvalue weighted by atomic mass is 10.1. The molecule has 0 aliphatic heterocycles. The predicted molar refractivity (Wildman–Crippen MR) is 73.2 cm³/mol. The monoisotopic (exact) mass is 262 g/mol.